The number of non-ortho nitro benzene ring substituents is 1. The number of benzene rings is 1. The molecule has 1 fully saturated rings. The fourth-order valence-corrected chi connectivity index (χ4v) is 2.46. The molecule has 0 amide bonds. The van der Waals surface area contributed by atoms with Gasteiger partial charge in [-0.25, -0.2) is 0 Å². The second-order valence-corrected chi connectivity index (χ2v) is 5.93. The summed E-state index contributed by atoms with van der Waals surface area (Å²) in [6.07, 6.45) is 4.20. The Labute approximate surface area is 135 Å². The van der Waals surface area contributed by atoms with Crippen molar-refractivity contribution in [3.05, 3.63) is 46.0 Å². The number of nitro groups is 1. The van der Waals surface area contributed by atoms with Gasteiger partial charge in [0.1, 0.15) is 13.1 Å². The number of hydrogen-bond donors (Lipinski definition) is 1. The molecule has 1 aliphatic rings. The first-order chi connectivity index (χ1) is 11.0. The lowest BCUT2D eigenvalue weighted by molar-refractivity contribution is -0.916. The smallest absolute Gasteiger partial charge is 0.269 e. The quantitative estimate of drug-likeness (QED) is 0.286. The third-order valence-corrected chi connectivity index (χ3v) is 4.16. The minimum Gasteiger partial charge on any atom is -0.411 e. The number of quaternary nitrogens is 1. The maximum atomic E-state index is 10.6. The topological polar surface area (TPSA) is 85.0 Å². The highest BCUT2D eigenvalue weighted by molar-refractivity contribution is 5.97. The molecule has 7 nitrogen and oxygen atoms in total. The first-order valence-electron chi connectivity index (χ1n) is 7.57. The zero-order valence-electron chi connectivity index (χ0n) is 13.2. The van der Waals surface area contributed by atoms with Crippen LogP contribution in [0.3, 0.4) is 0 Å². The predicted octanol–water partition coefficient (Wildman–Crippen LogP) is 2.31. The lowest BCUT2D eigenvalue weighted by Crippen LogP contribution is -2.52. The van der Waals surface area contributed by atoms with E-state index in [0.717, 1.165) is 42.9 Å². The van der Waals surface area contributed by atoms with Crippen molar-refractivity contribution >= 4 is 17.5 Å². The highest BCUT2D eigenvalue weighted by Gasteiger charge is 2.25. The highest BCUT2D eigenvalue weighted by Crippen LogP contribution is 2.14. The van der Waals surface area contributed by atoms with Crippen molar-refractivity contribution in [2.24, 2.45) is 5.16 Å². The number of ether oxygens (including phenoxy) is 1. The molecule has 2 rings (SSSR count). The summed E-state index contributed by atoms with van der Waals surface area (Å²) in [7, 11) is 2.18. The SMILES string of the molecule is C[N+]1(CCC(/C=C\c2ccc([N+](=O)[O-])cc2)=N\O)CCOCC1. The van der Waals surface area contributed by atoms with E-state index in [1.54, 1.807) is 24.3 Å². The van der Waals surface area contributed by atoms with Crippen molar-refractivity contribution in [3.8, 4) is 0 Å². The van der Waals surface area contributed by atoms with Gasteiger partial charge in [0, 0.05) is 18.6 Å². The van der Waals surface area contributed by atoms with E-state index < -0.39 is 4.92 Å². The van der Waals surface area contributed by atoms with Crippen molar-refractivity contribution in [2.45, 2.75) is 6.42 Å². The van der Waals surface area contributed by atoms with Crippen LogP contribution in [0.5, 0.6) is 0 Å². The summed E-state index contributed by atoms with van der Waals surface area (Å²) in [4.78, 5) is 10.2. The number of oxime groups is 1. The van der Waals surface area contributed by atoms with E-state index in [2.05, 4.69) is 12.2 Å². The maximum absolute atomic E-state index is 10.6. The summed E-state index contributed by atoms with van der Waals surface area (Å²) in [5.41, 5.74) is 1.47. The molecule has 1 N–H and O–H groups in total. The van der Waals surface area contributed by atoms with Gasteiger partial charge in [0.15, 0.2) is 0 Å². The van der Waals surface area contributed by atoms with Gasteiger partial charge >= 0.3 is 0 Å². The molecule has 124 valence electrons. The number of hydrogen-bond acceptors (Lipinski definition) is 5. The van der Waals surface area contributed by atoms with Crippen molar-refractivity contribution in [1.82, 2.24) is 0 Å². The minimum absolute atomic E-state index is 0.0583. The van der Waals surface area contributed by atoms with Gasteiger partial charge < -0.3 is 14.4 Å². The number of nitrogens with zero attached hydrogens (tertiary/aromatic N) is 3. The van der Waals surface area contributed by atoms with Crippen LogP contribution in [-0.2, 0) is 4.74 Å². The first-order valence-corrected chi connectivity index (χ1v) is 7.57. The van der Waals surface area contributed by atoms with Gasteiger partial charge in [-0.05, 0) is 23.8 Å². The number of likely N-dealkylation sites (N-methyl/N-ethyl adjacent to an activating group) is 1. The Morgan fingerprint density at radius 2 is 2.04 bits per heavy atom. The molecular weight excluding hydrogens is 298 g/mol. The van der Waals surface area contributed by atoms with Crippen LogP contribution < -0.4 is 0 Å². The molecule has 0 spiro atoms. The van der Waals surface area contributed by atoms with E-state index in [9.17, 15) is 10.1 Å². The number of allylic oxidation sites excluding steroid dienone is 1. The van der Waals surface area contributed by atoms with Crippen LogP contribution in [0.1, 0.15) is 12.0 Å². The van der Waals surface area contributed by atoms with Crippen molar-refractivity contribution in [1.29, 1.82) is 0 Å². The third-order valence-electron chi connectivity index (χ3n) is 4.16. The van der Waals surface area contributed by atoms with Gasteiger partial charge in [0.2, 0.25) is 0 Å². The van der Waals surface area contributed by atoms with E-state index in [1.807, 2.05) is 0 Å². The molecule has 0 atom stereocenters. The fourth-order valence-electron chi connectivity index (χ4n) is 2.46. The molecule has 0 aliphatic carbocycles. The highest BCUT2D eigenvalue weighted by atomic mass is 16.6. The largest absolute Gasteiger partial charge is 0.411 e. The first kappa shape index (κ1) is 17.1. The molecule has 1 saturated heterocycles. The number of morpholine rings is 1. The lowest BCUT2D eigenvalue weighted by Gasteiger charge is -2.37. The van der Waals surface area contributed by atoms with Crippen molar-refractivity contribution in [2.75, 3.05) is 39.9 Å². The van der Waals surface area contributed by atoms with E-state index in [-0.39, 0.29) is 5.69 Å². The fraction of sp³-hybridized carbons (Fsp3) is 0.438. The second kappa shape index (κ2) is 7.85. The van der Waals surface area contributed by atoms with Gasteiger partial charge in [-0.2, -0.15) is 0 Å². The average Bonchev–Trinajstić information content (AvgIpc) is 2.56. The standard InChI is InChI=1S/C16H21N3O4/c1-19(10-12-23-13-11-19)9-8-15(17-20)5-2-14-3-6-16(7-4-14)18(21)22/h2-7H,8-13H2,1H3/p+1/b5-2-,17-15-. The molecule has 0 bridgehead atoms. The van der Waals surface area contributed by atoms with Gasteiger partial charge in [0.05, 0.1) is 37.4 Å². The predicted molar refractivity (Wildman–Crippen MR) is 87.6 cm³/mol. The Kier molecular flexibility index (Phi) is 5.84. The van der Waals surface area contributed by atoms with Crippen LogP contribution in [0.15, 0.2) is 35.5 Å². The van der Waals surface area contributed by atoms with E-state index in [4.69, 9.17) is 9.94 Å². The van der Waals surface area contributed by atoms with Crippen LogP contribution >= 0.6 is 0 Å². The van der Waals surface area contributed by atoms with E-state index in [1.165, 1.54) is 12.1 Å². The average molecular weight is 320 g/mol. The Hall–Kier alpha value is -2.25. The Morgan fingerprint density at radius 1 is 1.39 bits per heavy atom. The molecule has 0 aromatic heterocycles. The van der Waals surface area contributed by atoms with Gasteiger partial charge in [-0.15, -0.1) is 0 Å². The molecule has 1 aliphatic heterocycles. The molecule has 0 unspecified atom stereocenters. The molecule has 1 aromatic carbocycles. The molecule has 0 radical (unpaired) electrons. The van der Waals surface area contributed by atoms with Crippen LogP contribution in [0.25, 0.3) is 6.08 Å². The third kappa shape index (κ3) is 5.15. The Balaban J connectivity index is 1.92. The van der Waals surface area contributed by atoms with Gasteiger partial charge in [0.25, 0.3) is 5.69 Å². The maximum Gasteiger partial charge on any atom is 0.269 e. The molecule has 1 aromatic rings. The summed E-state index contributed by atoms with van der Waals surface area (Å²) in [6, 6.07) is 6.24. The monoisotopic (exact) mass is 320 g/mol. The van der Waals surface area contributed by atoms with Crippen LogP contribution in [0, 0.1) is 10.1 Å². The summed E-state index contributed by atoms with van der Waals surface area (Å²) < 4.78 is 6.28. The zero-order valence-corrected chi connectivity index (χ0v) is 13.2. The normalized spacial score (nSPS) is 18.2. The zero-order chi connectivity index (χ0) is 16.7. The van der Waals surface area contributed by atoms with Crippen LogP contribution in [0.4, 0.5) is 5.69 Å². The number of nitro benzene ring substituents is 1. The Bertz CT molecular complexity index is 590. The molecule has 1 heterocycles. The summed E-state index contributed by atoms with van der Waals surface area (Å²) in [5.74, 6) is 0. The molecule has 7 heteroatoms. The van der Waals surface area contributed by atoms with Crippen molar-refractivity contribution in [3.63, 3.8) is 0 Å². The van der Waals surface area contributed by atoms with E-state index in [0.29, 0.717) is 12.1 Å². The van der Waals surface area contributed by atoms with Crippen LogP contribution in [0.2, 0.25) is 0 Å². The summed E-state index contributed by atoms with van der Waals surface area (Å²) in [5, 5.41) is 23.1. The summed E-state index contributed by atoms with van der Waals surface area (Å²) >= 11 is 0. The molecule has 0 saturated carbocycles. The second-order valence-electron chi connectivity index (χ2n) is 5.93. The van der Waals surface area contributed by atoms with Gasteiger partial charge in [-0.3, -0.25) is 10.1 Å². The molecular formula is C16H22N3O4+. The Morgan fingerprint density at radius 3 is 2.61 bits per heavy atom. The number of rotatable bonds is 6. The lowest BCUT2D eigenvalue weighted by atomic mass is 10.1. The van der Waals surface area contributed by atoms with Gasteiger partial charge in [-0.1, -0.05) is 11.2 Å². The summed E-state index contributed by atoms with van der Waals surface area (Å²) in [6.45, 7) is 4.34. The minimum atomic E-state index is -0.430. The molecule has 23 heavy (non-hydrogen) atoms. The van der Waals surface area contributed by atoms with Crippen LogP contribution in [-0.4, -0.2) is 60.2 Å². The van der Waals surface area contributed by atoms with E-state index >= 15 is 0 Å². The van der Waals surface area contributed by atoms with Crippen molar-refractivity contribution < 1.29 is 19.4 Å².